The Hall–Kier alpha value is -3.12. The van der Waals surface area contributed by atoms with Crippen molar-refractivity contribution in [1.82, 2.24) is 0 Å². The van der Waals surface area contributed by atoms with Crippen molar-refractivity contribution in [2.45, 2.75) is 90.5 Å². The molecule has 0 spiro atoms. The van der Waals surface area contributed by atoms with Crippen LogP contribution in [0.25, 0.3) is 22.3 Å². The van der Waals surface area contributed by atoms with Crippen molar-refractivity contribution in [3.63, 3.8) is 0 Å². The Kier molecular flexibility index (Phi) is 14.2. The third-order valence-corrected chi connectivity index (χ3v) is 6.87. The molecule has 0 saturated carbocycles. The Balaban J connectivity index is 0. The fourth-order valence-corrected chi connectivity index (χ4v) is 5.33. The Morgan fingerprint density at radius 3 is 1.41 bits per heavy atom. The molecule has 0 amide bonds. The highest BCUT2D eigenvalue weighted by atomic mass is 14.4. The van der Waals surface area contributed by atoms with Crippen molar-refractivity contribution in [2.75, 3.05) is 0 Å². The van der Waals surface area contributed by atoms with Crippen LogP contribution in [-0.2, 0) is 11.8 Å². The summed E-state index contributed by atoms with van der Waals surface area (Å²) in [5.74, 6) is 0. The summed E-state index contributed by atoms with van der Waals surface area (Å²) in [6.07, 6.45) is 1.04. The number of hydrogen-bond donors (Lipinski definition) is 0. The predicted molar refractivity (Wildman–Crippen MR) is 173 cm³/mol. The first-order valence-electron chi connectivity index (χ1n) is 11.9. The number of fused-ring (bicyclic) bond motifs is 3. The van der Waals surface area contributed by atoms with Crippen LogP contribution in [0.5, 0.6) is 0 Å². The highest BCUT2D eigenvalue weighted by Gasteiger charge is 2.41. The van der Waals surface area contributed by atoms with Crippen LogP contribution in [0.2, 0.25) is 0 Å². The molecule has 0 atom stereocenters. The van der Waals surface area contributed by atoms with E-state index in [0.29, 0.717) is 0 Å². The zero-order chi connectivity index (χ0) is 22.9. The second kappa shape index (κ2) is 14.6. The second-order valence-electron chi connectivity index (χ2n) is 8.78. The monoisotopic (exact) mass is 498 g/mol. The van der Waals surface area contributed by atoms with Gasteiger partial charge in [0, 0.05) is 5.41 Å². The van der Waals surface area contributed by atoms with E-state index >= 15 is 0 Å². The largest absolute Gasteiger partial charge is 0.0776 e. The van der Waals surface area contributed by atoms with Gasteiger partial charge in [-0.2, -0.15) is 0 Å². The summed E-state index contributed by atoms with van der Waals surface area (Å²) in [5.41, 5.74) is 13.5. The third kappa shape index (κ3) is 5.90. The summed E-state index contributed by atoms with van der Waals surface area (Å²) in [5, 5.41) is 0. The minimum absolute atomic E-state index is 0. The summed E-state index contributed by atoms with van der Waals surface area (Å²) in [6, 6.07) is 31.8. The van der Waals surface area contributed by atoms with Crippen LogP contribution in [0, 0.1) is 13.8 Å². The van der Waals surface area contributed by atoms with Gasteiger partial charge in [0.2, 0.25) is 0 Å². The Morgan fingerprint density at radius 2 is 0.919 bits per heavy atom. The summed E-state index contributed by atoms with van der Waals surface area (Å²) < 4.78 is 0. The van der Waals surface area contributed by atoms with Crippen molar-refractivity contribution in [3.8, 4) is 22.3 Å². The van der Waals surface area contributed by atoms with Crippen LogP contribution < -0.4 is 0 Å². The van der Waals surface area contributed by atoms with E-state index in [2.05, 4.69) is 113 Å². The lowest BCUT2D eigenvalue weighted by molar-refractivity contribution is 0.715. The smallest absolute Gasteiger partial charge is 0.0441 e. The van der Waals surface area contributed by atoms with Gasteiger partial charge in [-0.25, -0.2) is 0 Å². The summed E-state index contributed by atoms with van der Waals surface area (Å²) in [7, 11) is 0. The van der Waals surface area contributed by atoms with Gasteiger partial charge in [0.1, 0.15) is 0 Å². The molecule has 0 nitrogen and oxygen atoms in total. The molecule has 0 fully saturated rings. The van der Waals surface area contributed by atoms with Gasteiger partial charge in [-0.3, -0.25) is 0 Å². The van der Waals surface area contributed by atoms with Crippen LogP contribution in [0.4, 0.5) is 0 Å². The van der Waals surface area contributed by atoms with Crippen LogP contribution in [-0.4, -0.2) is 0 Å². The maximum Gasteiger partial charge on any atom is 0.0441 e. The molecule has 0 unspecified atom stereocenters. The molecule has 37 heavy (non-hydrogen) atoms. The van der Waals surface area contributed by atoms with Crippen molar-refractivity contribution in [1.29, 1.82) is 0 Å². The molecule has 0 aliphatic heterocycles. The average molecular weight is 499 g/mol. The molecular weight excluding hydrogens is 444 g/mol. The first kappa shape index (κ1) is 36.0. The number of rotatable bonds is 3. The molecule has 5 rings (SSSR count). The predicted octanol–water partition coefficient (Wildman–Crippen LogP) is 12.1. The van der Waals surface area contributed by atoms with Crippen LogP contribution in [0.1, 0.15) is 98.2 Å². The fourth-order valence-electron chi connectivity index (χ4n) is 5.33. The minimum Gasteiger partial charge on any atom is -0.0776 e. The molecule has 4 aromatic carbocycles. The normalized spacial score (nSPS) is 11.3. The topological polar surface area (TPSA) is 0 Å². The molecule has 0 aromatic heterocycles. The molecular formula is C37H54. The van der Waals surface area contributed by atoms with Crippen LogP contribution >= 0.6 is 0 Å². The Bertz CT molecular complexity index is 1210. The molecule has 1 aliphatic carbocycles. The molecule has 0 N–H and O–H groups in total. The standard InChI is InChI=1S/C30H28.C2H6.5CH4/c1-5-22-18-20(2)14-16-23(22)26-17-15-21(3)19-29(26)30(4)27-12-8-6-10-24(27)25-11-7-9-13-28(25)30;1-2;;;;;/h6-19H,5H2,1-4H3;1-2H3;5*1H4. The molecule has 0 bridgehead atoms. The van der Waals surface area contributed by atoms with E-state index in [1.165, 1.54) is 55.6 Å². The molecule has 4 aromatic rings. The first-order chi connectivity index (χ1) is 15.5. The SMILES string of the molecule is C.C.C.C.C.CC.CCc1cc(C)ccc1-c1ccc(C)cc1C1(C)c2ccccc2-c2ccccc21. The van der Waals surface area contributed by atoms with E-state index in [1.54, 1.807) is 0 Å². The van der Waals surface area contributed by atoms with Gasteiger partial charge in [-0.15, -0.1) is 0 Å². The molecule has 0 heterocycles. The van der Waals surface area contributed by atoms with Gasteiger partial charge in [0.15, 0.2) is 0 Å². The Morgan fingerprint density at radius 1 is 0.514 bits per heavy atom. The van der Waals surface area contributed by atoms with Gasteiger partial charge in [-0.1, -0.05) is 154 Å². The average Bonchev–Trinajstić information content (AvgIpc) is 3.10. The lowest BCUT2D eigenvalue weighted by Crippen LogP contribution is -2.23. The van der Waals surface area contributed by atoms with E-state index in [0.717, 1.165) is 6.42 Å². The van der Waals surface area contributed by atoms with Crippen molar-refractivity contribution < 1.29 is 0 Å². The zero-order valence-electron chi connectivity index (χ0n) is 20.3. The molecule has 1 aliphatic rings. The highest BCUT2D eigenvalue weighted by Crippen LogP contribution is 2.54. The fraction of sp³-hybridized carbons (Fsp3) is 0.351. The van der Waals surface area contributed by atoms with Gasteiger partial charge in [-0.05, 0) is 71.7 Å². The van der Waals surface area contributed by atoms with Gasteiger partial charge in [0.25, 0.3) is 0 Å². The molecule has 0 saturated heterocycles. The summed E-state index contributed by atoms with van der Waals surface area (Å²) >= 11 is 0. The number of hydrogen-bond acceptors (Lipinski definition) is 0. The van der Waals surface area contributed by atoms with Crippen LogP contribution in [0.3, 0.4) is 0 Å². The second-order valence-corrected chi connectivity index (χ2v) is 8.78. The molecule has 202 valence electrons. The lowest BCUT2D eigenvalue weighted by Gasteiger charge is -2.31. The van der Waals surface area contributed by atoms with Crippen molar-refractivity contribution in [2.24, 2.45) is 0 Å². The third-order valence-electron chi connectivity index (χ3n) is 6.87. The van der Waals surface area contributed by atoms with Crippen molar-refractivity contribution >= 4 is 0 Å². The van der Waals surface area contributed by atoms with E-state index in [9.17, 15) is 0 Å². The van der Waals surface area contributed by atoms with E-state index in [-0.39, 0.29) is 42.5 Å². The van der Waals surface area contributed by atoms with Crippen molar-refractivity contribution in [3.05, 3.63) is 118 Å². The van der Waals surface area contributed by atoms with Gasteiger partial charge in [0.05, 0.1) is 0 Å². The summed E-state index contributed by atoms with van der Waals surface area (Å²) in [6.45, 7) is 13.1. The molecule has 0 radical (unpaired) electrons. The maximum atomic E-state index is 2.41. The first-order valence-corrected chi connectivity index (χ1v) is 11.9. The minimum atomic E-state index is -0.176. The maximum absolute atomic E-state index is 2.41. The quantitative estimate of drug-likeness (QED) is 0.263. The summed E-state index contributed by atoms with van der Waals surface area (Å²) in [4.78, 5) is 0. The van der Waals surface area contributed by atoms with E-state index < -0.39 is 0 Å². The lowest BCUT2D eigenvalue weighted by atomic mass is 9.71. The van der Waals surface area contributed by atoms with E-state index in [1.807, 2.05) is 13.8 Å². The van der Waals surface area contributed by atoms with Crippen LogP contribution in [0.15, 0.2) is 84.9 Å². The van der Waals surface area contributed by atoms with Gasteiger partial charge < -0.3 is 0 Å². The number of aryl methyl sites for hydroxylation is 3. The van der Waals surface area contributed by atoms with Gasteiger partial charge >= 0.3 is 0 Å². The van der Waals surface area contributed by atoms with E-state index in [4.69, 9.17) is 0 Å². The highest BCUT2D eigenvalue weighted by molar-refractivity contribution is 5.86. The number of benzene rings is 4. The Labute approximate surface area is 230 Å². The molecule has 0 heteroatoms. The zero-order valence-corrected chi connectivity index (χ0v) is 20.3.